The lowest BCUT2D eigenvalue weighted by molar-refractivity contribution is -0.884. The standard InChI is InChI=1S/C14H20N2O2/c1-4-9-16(2,3)10-8-12-6-5-7-13(11-12)18-14(15)17/h4-7,11H,1,8-10H2,2-3H3,(H-,15,17)/p+1. The summed E-state index contributed by atoms with van der Waals surface area (Å²) in [7, 11) is 4.32. The molecule has 18 heavy (non-hydrogen) atoms. The molecule has 0 radical (unpaired) electrons. The van der Waals surface area contributed by atoms with Gasteiger partial charge in [0.1, 0.15) is 5.75 Å². The number of quaternary nitrogens is 1. The Balaban J connectivity index is 2.62. The molecule has 0 bridgehead atoms. The highest BCUT2D eigenvalue weighted by atomic mass is 16.5. The molecule has 0 aliphatic rings. The average molecular weight is 249 g/mol. The number of ether oxygens (including phenoxy) is 1. The molecule has 0 spiro atoms. The Bertz CT molecular complexity index is 428. The first-order chi connectivity index (χ1) is 8.43. The van der Waals surface area contributed by atoms with Crippen LogP contribution in [0.15, 0.2) is 36.9 Å². The van der Waals surface area contributed by atoms with Gasteiger partial charge in [-0.05, 0) is 23.8 Å². The highest BCUT2D eigenvalue weighted by Crippen LogP contribution is 2.14. The number of nitrogens with two attached hydrogens (primary N) is 1. The van der Waals surface area contributed by atoms with Crippen LogP contribution in [0.4, 0.5) is 4.79 Å². The van der Waals surface area contributed by atoms with E-state index in [1.807, 2.05) is 24.3 Å². The maximum absolute atomic E-state index is 10.7. The predicted molar refractivity (Wildman–Crippen MR) is 72.4 cm³/mol. The van der Waals surface area contributed by atoms with Gasteiger partial charge in [0.15, 0.2) is 0 Å². The molecule has 0 saturated heterocycles. The fourth-order valence-corrected chi connectivity index (χ4v) is 1.75. The zero-order chi connectivity index (χ0) is 13.6. The zero-order valence-corrected chi connectivity index (χ0v) is 11.1. The molecule has 0 heterocycles. The number of hydrogen-bond donors (Lipinski definition) is 1. The monoisotopic (exact) mass is 249 g/mol. The molecule has 4 heteroatoms. The predicted octanol–water partition coefficient (Wildman–Crippen LogP) is 1.95. The van der Waals surface area contributed by atoms with E-state index >= 15 is 0 Å². The van der Waals surface area contributed by atoms with Crippen LogP contribution in [0, 0.1) is 0 Å². The van der Waals surface area contributed by atoms with E-state index < -0.39 is 6.09 Å². The van der Waals surface area contributed by atoms with Crippen molar-refractivity contribution in [3.8, 4) is 5.75 Å². The average Bonchev–Trinajstić information content (AvgIpc) is 2.26. The molecule has 1 aromatic rings. The molecular formula is C14H21N2O2+. The second kappa shape index (κ2) is 6.21. The number of likely N-dealkylation sites (N-methyl/N-ethyl adjacent to an activating group) is 1. The molecule has 4 nitrogen and oxygen atoms in total. The number of rotatable bonds is 6. The largest absolute Gasteiger partial charge is 0.410 e. The number of primary amides is 1. The summed E-state index contributed by atoms with van der Waals surface area (Å²) in [5.74, 6) is 0.494. The Labute approximate surface area is 108 Å². The number of benzene rings is 1. The van der Waals surface area contributed by atoms with Crippen LogP contribution in [0.25, 0.3) is 0 Å². The van der Waals surface area contributed by atoms with Gasteiger partial charge in [-0.15, -0.1) is 0 Å². The second-order valence-electron chi connectivity index (χ2n) is 4.95. The molecule has 1 aromatic carbocycles. The Morgan fingerprint density at radius 3 is 2.83 bits per heavy atom. The van der Waals surface area contributed by atoms with Crippen LogP contribution in [-0.2, 0) is 6.42 Å². The highest BCUT2D eigenvalue weighted by molar-refractivity contribution is 5.68. The number of carbonyl (C=O) groups excluding carboxylic acids is 1. The smallest absolute Gasteiger partial charge is 0.409 e. The van der Waals surface area contributed by atoms with Crippen LogP contribution in [0.1, 0.15) is 5.56 Å². The van der Waals surface area contributed by atoms with Crippen molar-refractivity contribution in [1.29, 1.82) is 0 Å². The third-order valence-electron chi connectivity index (χ3n) is 2.75. The SMILES string of the molecule is C=CC[N+](C)(C)CCc1cccc(OC(N)=O)c1. The summed E-state index contributed by atoms with van der Waals surface area (Å²) in [5.41, 5.74) is 6.11. The third-order valence-corrected chi connectivity index (χ3v) is 2.75. The molecule has 0 aromatic heterocycles. The molecule has 98 valence electrons. The van der Waals surface area contributed by atoms with Crippen LogP contribution in [0.5, 0.6) is 5.75 Å². The molecule has 0 aliphatic heterocycles. The topological polar surface area (TPSA) is 52.3 Å². The summed E-state index contributed by atoms with van der Waals surface area (Å²) in [6, 6.07) is 7.44. The highest BCUT2D eigenvalue weighted by Gasteiger charge is 2.12. The Morgan fingerprint density at radius 1 is 1.50 bits per heavy atom. The fraction of sp³-hybridized carbons (Fsp3) is 0.357. The van der Waals surface area contributed by atoms with Crippen LogP contribution < -0.4 is 10.5 Å². The van der Waals surface area contributed by atoms with Crippen molar-refractivity contribution in [2.24, 2.45) is 5.73 Å². The summed E-state index contributed by atoms with van der Waals surface area (Å²) in [5, 5.41) is 0. The Morgan fingerprint density at radius 2 is 2.22 bits per heavy atom. The zero-order valence-electron chi connectivity index (χ0n) is 11.1. The van der Waals surface area contributed by atoms with Crippen molar-refractivity contribution >= 4 is 6.09 Å². The van der Waals surface area contributed by atoms with E-state index in [-0.39, 0.29) is 0 Å². The van der Waals surface area contributed by atoms with Crippen molar-refractivity contribution in [3.05, 3.63) is 42.5 Å². The normalized spacial score (nSPS) is 11.0. The van der Waals surface area contributed by atoms with Crippen molar-refractivity contribution in [1.82, 2.24) is 0 Å². The minimum absolute atomic E-state index is 0.494. The lowest BCUT2D eigenvalue weighted by Gasteiger charge is -2.28. The molecular weight excluding hydrogens is 228 g/mol. The van der Waals surface area contributed by atoms with Gasteiger partial charge >= 0.3 is 6.09 Å². The first-order valence-electron chi connectivity index (χ1n) is 5.92. The van der Waals surface area contributed by atoms with E-state index in [2.05, 4.69) is 20.7 Å². The van der Waals surface area contributed by atoms with Crippen LogP contribution in [0.2, 0.25) is 0 Å². The summed E-state index contributed by atoms with van der Waals surface area (Å²) in [4.78, 5) is 10.7. The van der Waals surface area contributed by atoms with Gasteiger partial charge in [0.25, 0.3) is 0 Å². The van der Waals surface area contributed by atoms with Gasteiger partial charge in [0.2, 0.25) is 0 Å². The minimum Gasteiger partial charge on any atom is -0.410 e. The maximum atomic E-state index is 10.7. The molecule has 1 rings (SSSR count). The van der Waals surface area contributed by atoms with Gasteiger partial charge in [-0.3, -0.25) is 0 Å². The van der Waals surface area contributed by atoms with E-state index in [0.29, 0.717) is 5.75 Å². The lowest BCUT2D eigenvalue weighted by Crippen LogP contribution is -2.41. The summed E-state index contributed by atoms with van der Waals surface area (Å²) in [6.45, 7) is 5.68. The fourth-order valence-electron chi connectivity index (χ4n) is 1.75. The minimum atomic E-state index is -0.782. The van der Waals surface area contributed by atoms with Crippen LogP contribution >= 0.6 is 0 Å². The van der Waals surface area contributed by atoms with Crippen molar-refractivity contribution in [2.75, 3.05) is 27.2 Å². The molecule has 0 atom stereocenters. The first-order valence-corrected chi connectivity index (χ1v) is 5.92. The summed E-state index contributed by atoms with van der Waals surface area (Å²) in [6.07, 6.45) is 2.05. The Kier molecular flexibility index (Phi) is 4.92. The van der Waals surface area contributed by atoms with Crippen LogP contribution in [0.3, 0.4) is 0 Å². The number of carbonyl (C=O) groups is 1. The number of nitrogens with zero attached hydrogens (tertiary/aromatic N) is 1. The van der Waals surface area contributed by atoms with Gasteiger partial charge in [-0.2, -0.15) is 0 Å². The third kappa shape index (κ3) is 5.01. The second-order valence-corrected chi connectivity index (χ2v) is 4.95. The number of hydrogen-bond acceptors (Lipinski definition) is 2. The van der Waals surface area contributed by atoms with E-state index in [1.54, 1.807) is 6.07 Å². The molecule has 0 fully saturated rings. The molecule has 0 aliphatic carbocycles. The van der Waals surface area contributed by atoms with Gasteiger partial charge < -0.3 is 15.0 Å². The van der Waals surface area contributed by atoms with E-state index in [4.69, 9.17) is 10.5 Å². The molecule has 0 unspecified atom stereocenters. The van der Waals surface area contributed by atoms with Crippen molar-refractivity contribution in [3.63, 3.8) is 0 Å². The van der Waals surface area contributed by atoms with Gasteiger partial charge in [0.05, 0.1) is 27.2 Å². The van der Waals surface area contributed by atoms with Gasteiger partial charge in [-0.1, -0.05) is 18.7 Å². The van der Waals surface area contributed by atoms with Crippen molar-refractivity contribution in [2.45, 2.75) is 6.42 Å². The van der Waals surface area contributed by atoms with E-state index in [1.165, 1.54) is 0 Å². The lowest BCUT2D eigenvalue weighted by atomic mass is 10.1. The van der Waals surface area contributed by atoms with E-state index in [9.17, 15) is 4.79 Å². The first kappa shape index (κ1) is 14.3. The maximum Gasteiger partial charge on any atom is 0.409 e. The molecule has 2 N–H and O–H groups in total. The van der Waals surface area contributed by atoms with E-state index in [0.717, 1.165) is 29.6 Å². The van der Waals surface area contributed by atoms with Crippen LogP contribution in [-0.4, -0.2) is 37.8 Å². The quantitative estimate of drug-likeness (QED) is 0.619. The molecule has 1 amide bonds. The number of amides is 1. The van der Waals surface area contributed by atoms with Crippen molar-refractivity contribution < 1.29 is 14.0 Å². The molecule has 0 saturated carbocycles. The van der Waals surface area contributed by atoms with Gasteiger partial charge in [0, 0.05) is 6.42 Å². The Hall–Kier alpha value is -1.81. The summed E-state index contributed by atoms with van der Waals surface area (Å²) >= 11 is 0. The summed E-state index contributed by atoms with van der Waals surface area (Å²) < 4.78 is 5.73. The van der Waals surface area contributed by atoms with Gasteiger partial charge in [-0.25, -0.2) is 4.79 Å².